The van der Waals surface area contributed by atoms with Gasteiger partial charge in [0.1, 0.15) is 27.1 Å². The van der Waals surface area contributed by atoms with Gasteiger partial charge in [-0.05, 0) is 47.8 Å². The largest absolute Gasteiger partial charge is 0.497 e. The molecule has 0 fully saturated rings. The number of aromatic nitrogens is 2. The Bertz CT molecular complexity index is 1330. The zero-order valence-corrected chi connectivity index (χ0v) is 18.9. The van der Waals surface area contributed by atoms with Crippen molar-refractivity contribution in [3.05, 3.63) is 59.7 Å². The van der Waals surface area contributed by atoms with E-state index in [4.69, 9.17) is 14.0 Å². The van der Waals surface area contributed by atoms with Crippen molar-refractivity contribution in [2.45, 2.75) is 4.90 Å². The zero-order valence-electron chi connectivity index (χ0n) is 17.3. The van der Waals surface area contributed by atoms with Crippen LogP contribution in [-0.4, -0.2) is 39.8 Å². The maximum absolute atomic E-state index is 13.2. The van der Waals surface area contributed by atoms with Crippen molar-refractivity contribution in [3.8, 4) is 33.7 Å². The van der Waals surface area contributed by atoms with Crippen molar-refractivity contribution in [2.24, 2.45) is 0 Å². The Morgan fingerprint density at radius 2 is 1.69 bits per heavy atom. The van der Waals surface area contributed by atoms with Crippen LogP contribution < -0.4 is 13.8 Å². The van der Waals surface area contributed by atoms with E-state index in [9.17, 15) is 12.8 Å². The third kappa shape index (κ3) is 4.04. The monoisotopic (exact) mass is 475 g/mol. The second kappa shape index (κ2) is 8.60. The number of benzene rings is 2. The van der Waals surface area contributed by atoms with Gasteiger partial charge in [0.2, 0.25) is 5.82 Å². The third-order valence-corrected chi connectivity index (χ3v) is 7.55. The fourth-order valence-corrected chi connectivity index (χ4v) is 5.47. The van der Waals surface area contributed by atoms with E-state index >= 15 is 0 Å². The number of methoxy groups -OCH3 is 2. The second-order valence-electron chi connectivity index (χ2n) is 6.59. The number of hydrogen-bond acceptors (Lipinski definition) is 8. The van der Waals surface area contributed by atoms with E-state index in [0.717, 1.165) is 15.6 Å². The summed E-state index contributed by atoms with van der Waals surface area (Å²) in [6, 6.07) is 11.8. The molecule has 4 rings (SSSR count). The summed E-state index contributed by atoms with van der Waals surface area (Å²) in [6.45, 7) is 0. The summed E-state index contributed by atoms with van der Waals surface area (Å²) >= 11 is 1.16. The van der Waals surface area contributed by atoms with Crippen molar-refractivity contribution >= 4 is 27.0 Å². The number of thiophene rings is 1. The molecule has 0 aliphatic carbocycles. The molecule has 0 spiro atoms. The summed E-state index contributed by atoms with van der Waals surface area (Å²) in [4.78, 5) is 4.69. The first-order valence-corrected chi connectivity index (χ1v) is 11.5. The highest BCUT2D eigenvalue weighted by Gasteiger charge is 2.28. The average Bonchev–Trinajstić information content (AvgIpc) is 3.48. The number of sulfonamides is 1. The summed E-state index contributed by atoms with van der Waals surface area (Å²) in [7, 11) is 0.488. The molecule has 8 nitrogen and oxygen atoms in total. The number of hydrogen-bond donors (Lipinski definition) is 0. The maximum atomic E-state index is 13.2. The Morgan fingerprint density at radius 3 is 2.31 bits per heavy atom. The number of ether oxygens (including phenoxy) is 2. The summed E-state index contributed by atoms with van der Waals surface area (Å²) < 4.78 is 56.7. The molecule has 166 valence electrons. The van der Waals surface area contributed by atoms with Crippen LogP contribution in [0.25, 0.3) is 22.2 Å². The van der Waals surface area contributed by atoms with Gasteiger partial charge in [0.15, 0.2) is 0 Å². The molecule has 0 atom stereocenters. The topological polar surface area (TPSA) is 94.8 Å². The maximum Gasteiger partial charge on any atom is 0.269 e. The minimum atomic E-state index is -3.96. The molecule has 2 heterocycles. The number of anilines is 1. The lowest BCUT2D eigenvalue weighted by atomic mass is 10.2. The van der Waals surface area contributed by atoms with Crippen molar-refractivity contribution in [2.75, 3.05) is 25.6 Å². The Labute approximate surface area is 187 Å². The highest BCUT2D eigenvalue weighted by Crippen LogP contribution is 2.36. The lowest BCUT2D eigenvalue weighted by molar-refractivity contribution is 0.394. The van der Waals surface area contributed by atoms with Crippen LogP contribution in [-0.2, 0) is 10.0 Å². The summed E-state index contributed by atoms with van der Waals surface area (Å²) in [5.41, 5.74) is 0.902. The standard InChI is InChI=1S/C21H18FN3O5S2/c1-25(15-6-4-14(22)5-7-15)32(26,27)18-8-9-31-19(18)21-23-20(24-30-21)13-10-16(28-2)12-17(11-13)29-3/h4-12H,1-3H3. The lowest BCUT2D eigenvalue weighted by Crippen LogP contribution is -2.26. The molecule has 2 aromatic heterocycles. The van der Waals surface area contributed by atoms with E-state index in [1.807, 2.05) is 0 Å². The van der Waals surface area contributed by atoms with E-state index in [1.165, 1.54) is 51.6 Å². The molecule has 0 bridgehead atoms. The van der Waals surface area contributed by atoms with Crippen LogP contribution >= 0.6 is 11.3 Å². The minimum Gasteiger partial charge on any atom is -0.497 e. The minimum absolute atomic E-state index is 0.00717. The fourth-order valence-electron chi connectivity index (χ4n) is 2.96. The first kappa shape index (κ1) is 21.8. The molecule has 0 unspecified atom stereocenters. The quantitative estimate of drug-likeness (QED) is 0.390. The van der Waals surface area contributed by atoms with Crippen LogP contribution in [0, 0.1) is 5.82 Å². The van der Waals surface area contributed by atoms with Gasteiger partial charge in [-0.25, -0.2) is 12.8 Å². The molecular formula is C21H18FN3O5S2. The van der Waals surface area contributed by atoms with E-state index in [0.29, 0.717) is 27.6 Å². The van der Waals surface area contributed by atoms with Gasteiger partial charge in [-0.3, -0.25) is 4.31 Å². The number of nitrogens with zero attached hydrogens (tertiary/aromatic N) is 3. The molecule has 0 amide bonds. The predicted molar refractivity (Wildman–Crippen MR) is 118 cm³/mol. The van der Waals surface area contributed by atoms with Gasteiger partial charge < -0.3 is 14.0 Å². The van der Waals surface area contributed by atoms with Crippen LogP contribution in [0.4, 0.5) is 10.1 Å². The van der Waals surface area contributed by atoms with Gasteiger partial charge in [-0.2, -0.15) is 4.98 Å². The molecular weight excluding hydrogens is 457 g/mol. The summed E-state index contributed by atoms with van der Waals surface area (Å²) in [5, 5.41) is 5.61. The van der Waals surface area contributed by atoms with Crippen molar-refractivity contribution in [3.63, 3.8) is 0 Å². The Hall–Kier alpha value is -3.44. The molecule has 4 aromatic rings. The molecule has 11 heteroatoms. The van der Waals surface area contributed by atoms with E-state index in [2.05, 4.69) is 10.1 Å². The van der Waals surface area contributed by atoms with Crippen molar-refractivity contribution < 1.29 is 26.8 Å². The normalized spacial score (nSPS) is 11.4. The number of rotatable bonds is 7. The second-order valence-corrected chi connectivity index (χ2v) is 9.44. The van der Waals surface area contributed by atoms with Gasteiger partial charge in [-0.15, -0.1) is 11.3 Å². The van der Waals surface area contributed by atoms with Gasteiger partial charge in [-0.1, -0.05) is 5.16 Å². The van der Waals surface area contributed by atoms with Crippen LogP contribution in [0.3, 0.4) is 0 Å². The molecule has 0 N–H and O–H groups in total. The van der Waals surface area contributed by atoms with Crippen molar-refractivity contribution in [1.29, 1.82) is 0 Å². The Morgan fingerprint density at radius 1 is 1.03 bits per heavy atom. The van der Waals surface area contributed by atoms with E-state index in [-0.39, 0.29) is 16.6 Å². The molecule has 0 radical (unpaired) electrons. The van der Waals surface area contributed by atoms with Gasteiger partial charge in [0.25, 0.3) is 15.9 Å². The van der Waals surface area contributed by atoms with Gasteiger partial charge in [0, 0.05) is 18.7 Å². The fraction of sp³-hybridized carbons (Fsp3) is 0.143. The zero-order chi connectivity index (χ0) is 22.9. The van der Waals surface area contributed by atoms with Crippen LogP contribution in [0.1, 0.15) is 0 Å². The SMILES string of the molecule is COc1cc(OC)cc(-c2noc(-c3sccc3S(=O)(=O)N(C)c3ccc(F)cc3)n2)c1. The molecule has 0 aliphatic heterocycles. The molecule has 0 saturated heterocycles. The molecule has 0 saturated carbocycles. The highest BCUT2D eigenvalue weighted by molar-refractivity contribution is 7.93. The first-order chi connectivity index (χ1) is 15.3. The first-order valence-electron chi connectivity index (χ1n) is 9.23. The van der Waals surface area contributed by atoms with Crippen LogP contribution in [0.15, 0.2) is 63.3 Å². The summed E-state index contributed by atoms with van der Waals surface area (Å²) in [6.07, 6.45) is 0. The third-order valence-electron chi connectivity index (χ3n) is 4.69. The smallest absolute Gasteiger partial charge is 0.269 e. The molecule has 0 aliphatic rings. The Kier molecular flexibility index (Phi) is 5.85. The van der Waals surface area contributed by atoms with Gasteiger partial charge in [0.05, 0.1) is 19.9 Å². The van der Waals surface area contributed by atoms with E-state index < -0.39 is 15.8 Å². The van der Waals surface area contributed by atoms with Crippen LogP contribution in [0.5, 0.6) is 11.5 Å². The van der Waals surface area contributed by atoms with E-state index in [1.54, 1.807) is 23.6 Å². The molecule has 2 aromatic carbocycles. The predicted octanol–water partition coefficient (Wildman–Crippen LogP) is 4.45. The van der Waals surface area contributed by atoms with Gasteiger partial charge >= 0.3 is 0 Å². The summed E-state index contributed by atoms with van der Waals surface area (Å²) in [5.74, 6) is 0.948. The number of halogens is 1. The molecule has 32 heavy (non-hydrogen) atoms. The average molecular weight is 476 g/mol. The van der Waals surface area contributed by atoms with Crippen LogP contribution in [0.2, 0.25) is 0 Å². The highest BCUT2D eigenvalue weighted by atomic mass is 32.2. The Balaban J connectivity index is 1.71. The van der Waals surface area contributed by atoms with Crippen molar-refractivity contribution in [1.82, 2.24) is 10.1 Å². The lowest BCUT2D eigenvalue weighted by Gasteiger charge is -2.19.